The second-order valence-corrected chi connectivity index (χ2v) is 10.1. The summed E-state index contributed by atoms with van der Waals surface area (Å²) in [6.45, 7) is 15.8. The molecular weight excluding hydrogens is 388 g/mol. The molecule has 0 saturated heterocycles. The Balaban J connectivity index is 1.91. The van der Waals surface area contributed by atoms with Crippen LogP contribution in [0.25, 0.3) is 10.2 Å². The van der Waals surface area contributed by atoms with E-state index in [9.17, 15) is 0 Å². The van der Waals surface area contributed by atoms with Gasteiger partial charge in [0.05, 0.1) is 17.6 Å². The highest BCUT2D eigenvalue weighted by atomic mass is 32.2. The summed E-state index contributed by atoms with van der Waals surface area (Å²) in [5, 5.41) is 5.75. The molecule has 0 bridgehead atoms. The van der Waals surface area contributed by atoms with E-state index in [-0.39, 0.29) is 5.60 Å². The van der Waals surface area contributed by atoms with Crippen LogP contribution in [-0.2, 0) is 17.8 Å². The smallest absolute Gasteiger partial charge is 0.190 e. The van der Waals surface area contributed by atoms with E-state index in [0.29, 0.717) is 6.61 Å². The van der Waals surface area contributed by atoms with Gasteiger partial charge in [-0.15, -0.1) is 11.3 Å². The molecule has 0 radical (unpaired) electrons. The minimum Gasteiger partial charge on any atom is -0.370 e. The predicted octanol–water partition coefficient (Wildman–Crippen LogP) is 5.19. The molecule has 3 rings (SSSR count). The first-order valence-electron chi connectivity index (χ1n) is 10.5. The molecule has 1 aliphatic heterocycles. The van der Waals surface area contributed by atoms with Crippen molar-refractivity contribution in [3.05, 3.63) is 10.4 Å². The number of rotatable bonds is 10. The number of hydrogen-bond acceptors (Lipinski definition) is 7. The van der Waals surface area contributed by atoms with Gasteiger partial charge in [0.1, 0.15) is 10.6 Å². The number of ether oxygens (including phenoxy) is 1. The first-order valence-corrected chi connectivity index (χ1v) is 12.3. The lowest BCUT2D eigenvalue weighted by Gasteiger charge is -2.30. The number of anilines is 1. The Morgan fingerprint density at radius 2 is 2.00 bits per heavy atom. The van der Waals surface area contributed by atoms with Crippen molar-refractivity contribution in [1.82, 2.24) is 14.9 Å². The second kappa shape index (κ2) is 9.74. The summed E-state index contributed by atoms with van der Waals surface area (Å²) in [4.78, 5) is 14.7. The summed E-state index contributed by atoms with van der Waals surface area (Å²) >= 11 is 3.55. The number of hydrogen-bond donors (Lipinski definition) is 1. The Kier molecular flexibility index (Phi) is 7.59. The minimum atomic E-state index is -0.131. The summed E-state index contributed by atoms with van der Waals surface area (Å²) < 4.78 is 6.04. The van der Waals surface area contributed by atoms with Gasteiger partial charge in [0.2, 0.25) is 0 Å². The standard InChI is InChI=1S/C21H34N4OS2/c1-6-9-12-27-20-23-18(22-10-11-25(7-2)8-3)17-15-13-21(4,5)26-14-16(15)28-19(17)24-20/h6-14H2,1-5H3,(H,22,23,24). The summed E-state index contributed by atoms with van der Waals surface area (Å²) in [5.41, 5.74) is 1.25. The SMILES string of the molecule is CCCCSc1nc(NCCN(CC)CC)c2c3c(sc2n1)COC(C)(C)C3. The highest BCUT2D eigenvalue weighted by molar-refractivity contribution is 7.99. The number of unbranched alkanes of at least 4 members (excludes halogenated alkanes) is 1. The van der Waals surface area contributed by atoms with E-state index in [0.717, 1.165) is 54.2 Å². The van der Waals surface area contributed by atoms with Crippen molar-refractivity contribution in [2.75, 3.05) is 37.2 Å². The van der Waals surface area contributed by atoms with Crippen LogP contribution in [0.1, 0.15) is 57.9 Å². The maximum atomic E-state index is 6.04. The van der Waals surface area contributed by atoms with Gasteiger partial charge in [-0.3, -0.25) is 0 Å². The number of likely N-dealkylation sites (N-methyl/N-ethyl adjacent to an activating group) is 1. The zero-order valence-electron chi connectivity index (χ0n) is 17.9. The van der Waals surface area contributed by atoms with Gasteiger partial charge in [-0.25, -0.2) is 9.97 Å². The summed E-state index contributed by atoms with van der Waals surface area (Å²) in [6, 6.07) is 0. The third kappa shape index (κ3) is 5.17. The zero-order valence-corrected chi connectivity index (χ0v) is 19.6. The Hall–Kier alpha value is -0.890. The molecule has 1 aliphatic rings. The van der Waals surface area contributed by atoms with E-state index in [1.807, 2.05) is 0 Å². The number of aromatic nitrogens is 2. The normalized spacial score (nSPS) is 15.9. The summed E-state index contributed by atoms with van der Waals surface area (Å²) in [7, 11) is 0. The van der Waals surface area contributed by atoms with E-state index in [1.54, 1.807) is 23.1 Å². The highest BCUT2D eigenvalue weighted by Gasteiger charge is 2.31. The van der Waals surface area contributed by atoms with E-state index in [1.165, 1.54) is 28.7 Å². The van der Waals surface area contributed by atoms with Gasteiger partial charge in [0.15, 0.2) is 5.16 Å². The molecule has 0 atom stereocenters. The molecule has 0 spiro atoms. The fourth-order valence-electron chi connectivity index (χ4n) is 3.50. The van der Waals surface area contributed by atoms with E-state index in [4.69, 9.17) is 14.7 Å². The first-order chi connectivity index (χ1) is 13.5. The second-order valence-electron chi connectivity index (χ2n) is 7.92. The highest BCUT2D eigenvalue weighted by Crippen LogP contribution is 2.41. The lowest BCUT2D eigenvalue weighted by Crippen LogP contribution is -2.31. The maximum Gasteiger partial charge on any atom is 0.190 e. The van der Waals surface area contributed by atoms with Crippen molar-refractivity contribution in [3.8, 4) is 0 Å². The van der Waals surface area contributed by atoms with Gasteiger partial charge in [-0.2, -0.15) is 0 Å². The molecule has 2 aromatic heterocycles. The van der Waals surface area contributed by atoms with Gasteiger partial charge in [0, 0.05) is 30.1 Å². The molecule has 28 heavy (non-hydrogen) atoms. The Morgan fingerprint density at radius 3 is 2.71 bits per heavy atom. The Morgan fingerprint density at radius 1 is 1.21 bits per heavy atom. The monoisotopic (exact) mass is 422 g/mol. The molecule has 0 amide bonds. The molecule has 5 nitrogen and oxygen atoms in total. The minimum absolute atomic E-state index is 0.131. The fraction of sp³-hybridized carbons (Fsp3) is 0.714. The lowest BCUT2D eigenvalue weighted by atomic mass is 9.94. The Labute approximate surface area is 177 Å². The molecule has 0 fully saturated rings. The quantitative estimate of drug-likeness (QED) is 0.323. The molecule has 156 valence electrons. The van der Waals surface area contributed by atoms with Gasteiger partial charge in [0.25, 0.3) is 0 Å². The largest absolute Gasteiger partial charge is 0.370 e. The molecule has 0 saturated carbocycles. The van der Waals surface area contributed by atoms with Crippen molar-refractivity contribution in [2.45, 2.75) is 71.2 Å². The third-order valence-electron chi connectivity index (χ3n) is 5.25. The lowest BCUT2D eigenvalue weighted by molar-refractivity contribution is -0.0379. The van der Waals surface area contributed by atoms with Crippen molar-refractivity contribution in [3.63, 3.8) is 0 Å². The summed E-state index contributed by atoms with van der Waals surface area (Å²) in [5.74, 6) is 2.08. The molecule has 2 aromatic rings. The number of thioether (sulfide) groups is 1. The van der Waals surface area contributed by atoms with Gasteiger partial charge in [-0.05, 0) is 38.9 Å². The van der Waals surface area contributed by atoms with Gasteiger partial charge in [-0.1, -0.05) is 39.0 Å². The molecule has 0 aromatic carbocycles. The van der Waals surface area contributed by atoms with Crippen molar-refractivity contribution in [2.24, 2.45) is 0 Å². The molecule has 7 heteroatoms. The molecule has 3 heterocycles. The average molecular weight is 423 g/mol. The number of fused-ring (bicyclic) bond motifs is 3. The van der Waals surface area contributed by atoms with Crippen LogP contribution in [0.2, 0.25) is 0 Å². The van der Waals surface area contributed by atoms with Crippen LogP contribution in [-0.4, -0.2) is 52.4 Å². The van der Waals surface area contributed by atoms with Crippen LogP contribution in [0, 0.1) is 0 Å². The number of thiophene rings is 1. The van der Waals surface area contributed by atoms with E-state index < -0.39 is 0 Å². The number of nitrogens with zero attached hydrogens (tertiary/aromatic N) is 3. The van der Waals surface area contributed by atoms with Crippen LogP contribution in [0.5, 0.6) is 0 Å². The van der Waals surface area contributed by atoms with E-state index in [2.05, 4.69) is 44.8 Å². The van der Waals surface area contributed by atoms with Gasteiger partial charge >= 0.3 is 0 Å². The van der Waals surface area contributed by atoms with Gasteiger partial charge < -0.3 is 15.0 Å². The third-order valence-corrected chi connectivity index (χ3v) is 7.29. The molecular formula is C21H34N4OS2. The van der Waals surface area contributed by atoms with Crippen molar-refractivity contribution in [1.29, 1.82) is 0 Å². The fourth-order valence-corrected chi connectivity index (χ4v) is 5.59. The van der Waals surface area contributed by atoms with Crippen LogP contribution in [0.3, 0.4) is 0 Å². The average Bonchev–Trinajstić information content (AvgIpc) is 3.02. The first kappa shape index (κ1) is 21.8. The van der Waals surface area contributed by atoms with Crippen molar-refractivity contribution < 1.29 is 4.74 Å². The maximum absolute atomic E-state index is 6.04. The molecule has 0 unspecified atom stereocenters. The topological polar surface area (TPSA) is 50.3 Å². The summed E-state index contributed by atoms with van der Waals surface area (Å²) in [6.07, 6.45) is 3.31. The van der Waals surface area contributed by atoms with Crippen molar-refractivity contribution >= 4 is 39.1 Å². The van der Waals surface area contributed by atoms with Crippen LogP contribution in [0.4, 0.5) is 5.82 Å². The number of nitrogens with one attached hydrogen (secondary N) is 1. The predicted molar refractivity (Wildman–Crippen MR) is 122 cm³/mol. The van der Waals surface area contributed by atoms with Crippen LogP contribution in [0.15, 0.2) is 5.16 Å². The van der Waals surface area contributed by atoms with Crippen LogP contribution < -0.4 is 5.32 Å². The molecule has 1 N–H and O–H groups in total. The van der Waals surface area contributed by atoms with E-state index >= 15 is 0 Å². The zero-order chi connectivity index (χ0) is 20.1. The van der Waals surface area contributed by atoms with Crippen LogP contribution >= 0.6 is 23.1 Å². The molecule has 0 aliphatic carbocycles. The Bertz CT molecular complexity index is 786.